The molecule has 1 aliphatic heterocycles. The molecule has 0 unspecified atom stereocenters. The molecule has 1 heterocycles. The molecule has 6 nitrogen and oxygen atoms in total. The third-order valence-electron chi connectivity index (χ3n) is 4.57. The van der Waals surface area contributed by atoms with Crippen LogP contribution in [-0.2, 0) is 15.8 Å². The highest BCUT2D eigenvalue weighted by Crippen LogP contribution is 2.51. The molecule has 0 fully saturated rings. The van der Waals surface area contributed by atoms with Gasteiger partial charge in [0.2, 0.25) is 5.91 Å². The Morgan fingerprint density at radius 2 is 1.48 bits per heavy atom. The highest BCUT2D eigenvalue weighted by atomic mass is 31.2. The molecule has 7 heteroatoms. The number of carbonyl (C=O) groups excluding carboxylic acids is 1. The van der Waals surface area contributed by atoms with Crippen molar-refractivity contribution in [3.8, 4) is 11.5 Å². The van der Waals surface area contributed by atoms with Crippen LogP contribution in [0.4, 0.5) is 11.4 Å². The molecule has 0 aromatic heterocycles. The van der Waals surface area contributed by atoms with Gasteiger partial charge in [0.25, 0.3) is 0 Å². The van der Waals surface area contributed by atoms with E-state index in [0.717, 1.165) is 12.0 Å². The van der Waals surface area contributed by atoms with Gasteiger partial charge in [0.1, 0.15) is 11.5 Å². The van der Waals surface area contributed by atoms with E-state index in [0.29, 0.717) is 29.4 Å². The first-order valence-electron chi connectivity index (χ1n) is 9.32. The number of amides is 1. The largest absolute Gasteiger partial charge is 0.541 e. The van der Waals surface area contributed by atoms with Crippen molar-refractivity contribution in [2.45, 2.75) is 13.3 Å². The van der Waals surface area contributed by atoms with Crippen LogP contribution in [0.25, 0.3) is 0 Å². The first kappa shape index (κ1) is 19.1. The Morgan fingerprint density at radius 3 is 2.03 bits per heavy atom. The number of hydrogen-bond acceptors (Lipinski definition) is 4. The Morgan fingerprint density at radius 1 is 0.897 bits per heavy atom. The minimum Gasteiger partial charge on any atom is -0.400 e. The second-order valence-corrected chi connectivity index (χ2v) is 8.24. The zero-order valence-corrected chi connectivity index (χ0v) is 16.8. The summed E-state index contributed by atoms with van der Waals surface area (Å²) in [5.74, 6) is 0.756. The summed E-state index contributed by atoms with van der Waals surface area (Å²) >= 11 is 0. The standard InChI is InChI=1S/C22H21N2O4P/c1-17(25)24-16-15-18-9-8-14-21(22(18)24)23-29(26,27-19-10-4-2-5-11-19)28-20-12-6-3-7-13-20/h2-14H,15-16H2,1H3,(H,23,26). The Kier molecular flexibility index (Phi) is 5.28. The normalized spacial score (nSPS) is 12.9. The van der Waals surface area contributed by atoms with Crippen LogP contribution in [0.15, 0.2) is 78.9 Å². The van der Waals surface area contributed by atoms with Crippen molar-refractivity contribution in [3.63, 3.8) is 0 Å². The van der Waals surface area contributed by atoms with E-state index in [1.54, 1.807) is 59.5 Å². The SMILES string of the molecule is CC(=O)N1CCc2cccc(NP(=O)(Oc3ccccc3)Oc3ccccc3)c21. The third kappa shape index (κ3) is 4.28. The molecule has 1 amide bonds. The number of para-hydroxylation sites is 3. The van der Waals surface area contributed by atoms with Crippen LogP contribution < -0.4 is 19.0 Å². The molecule has 4 rings (SSSR count). The number of nitrogens with one attached hydrogen (secondary N) is 1. The number of carbonyl (C=O) groups is 1. The van der Waals surface area contributed by atoms with Gasteiger partial charge in [-0.2, -0.15) is 0 Å². The summed E-state index contributed by atoms with van der Waals surface area (Å²) in [6, 6.07) is 23.3. The number of hydrogen-bond donors (Lipinski definition) is 1. The van der Waals surface area contributed by atoms with Gasteiger partial charge in [-0.1, -0.05) is 48.5 Å². The Labute approximate surface area is 169 Å². The predicted molar refractivity (Wildman–Crippen MR) is 114 cm³/mol. The Balaban J connectivity index is 1.71. The lowest BCUT2D eigenvalue weighted by atomic mass is 10.1. The molecule has 0 aliphatic carbocycles. The smallest absolute Gasteiger partial charge is 0.400 e. The van der Waals surface area contributed by atoms with Crippen molar-refractivity contribution in [1.82, 2.24) is 0 Å². The van der Waals surface area contributed by atoms with E-state index < -0.39 is 7.75 Å². The summed E-state index contributed by atoms with van der Waals surface area (Å²) in [6.07, 6.45) is 0.744. The van der Waals surface area contributed by atoms with E-state index >= 15 is 0 Å². The van der Waals surface area contributed by atoms with Gasteiger partial charge in [0, 0.05) is 13.5 Å². The second-order valence-electron chi connectivity index (χ2n) is 6.65. The van der Waals surface area contributed by atoms with Gasteiger partial charge in [-0.15, -0.1) is 0 Å². The quantitative estimate of drug-likeness (QED) is 0.563. The predicted octanol–water partition coefficient (Wildman–Crippen LogP) is 5.27. The van der Waals surface area contributed by atoms with Crippen molar-refractivity contribution in [1.29, 1.82) is 0 Å². The first-order chi connectivity index (χ1) is 14.0. The van der Waals surface area contributed by atoms with Crippen molar-refractivity contribution in [2.24, 2.45) is 0 Å². The fraction of sp³-hybridized carbons (Fsp3) is 0.136. The van der Waals surface area contributed by atoms with Crippen LogP contribution >= 0.6 is 7.75 Å². The summed E-state index contributed by atoms with van der Waals surface area (Å²) in [5.41, 5.74) is 2.26. The lowest BCUT2D eigenvalue weighted by Crippen LogP contribution is -2.26. The van der Waals surface area contributed by atoms with E-state index in [1.807, 2.05) is 24.3 Å². The van der Waals surface area contributed by atoms with Crippen molar-refractivity contribution in [2.75, 3.05) is 16.5 Å². The molecule has 0 bridgehead atoms. The van der Waals surface area contributed by atoms with Crippen molar-refractivity contribution < 1.29 is 18.4 Å². The topological polar surface area (TPSA) is 67.9 Å². The second kappa shape index (κ2) is 8.02. The van der Waals surface area contributed by atoms with Crippen LogP contribution in [-0.4, -0.2) is 12.5 Å². The van der Waals surface area contributed by atoms with Gasteiger partial charge in [-0.25, -0.2) is 4.57 Å². The molecule has 148 valence electrons. The van der Waals surface area contributed by atoms with Crippen LogP contribution in [0.3, 0.4) is 0 Å². The number of nitrogens with zero attached hydrogens (tertiary/aromatic N) is 1. The van der Waals surface area contributed by atoms with Crippen LogP contribution in [0.5, 0.6) is 11.5 Å². The maximum atomic E-state index is 13.7. The molecule has 1 N–H and O–H groups in total. The third-order valence-corrected chi connectivity index (χ3v) is 5.99. The van der Waals surface area contributed by atoms with Gasteiger partial charge in [-0.05, 0) is 42.3 Å². The molecule has 0 radical (unpaired) electrons. The van der Waals surface area contributed by atoms with Gasteiger partial charge < -0.3 is 13.9 Å². The molecule has 0 saturated heterocycles. The summed E-state index contributed by atoms with van der Waals surface area (Å²) in [7, 11) is -3.86. The van der Waals surface area contributed by atoms with Gasteiger partial charge in [-0.3, -0.25) is 9.88 Å². The van der Waals surface area contributed by atoms with Crippen molar-refractivity contribution >= 4 is 25.0 Å². The Hall–Kier alpha value is -3.24. The molecule has 0 spiro atoms. The maximum Gasteiger partial charge on any atom is 0.541 e. The fourth-order valence-corrected chi connectivity index (χ4v) is 4.72. The van der Waals surface area contributed by atoms with Gasteiger partial charge in [0.05, 0.1) is 11.4 Å². The fourth-order valence-electron chi connectivity index (χ4n) is 3.31. The minimum absolute atomic E-state index is 0.0687. The highest BCUT2D eigenvalue weighted by Gasteiger charge is 2.33. The number of rotatable bonds is 6. The van der Waals surface area contributed by atoms with Crippen molar-refractivity contribution in [3.05, 3.63) is 84.4 Å². The van der Waals surface area contributed by atoms with Crippen LogP contribution in [0.1, 0.15) is 12.5 Å². The lowest BCUT2D eigenvalue weighted by Gasteiger charge is -2.24. The summed E-state index contributed by atoms with van der Waals surface area (Å²) < 4.78 is 25.3. The molecule has 0 atom stereocenters. The first-order valence-corrected chi connectivity index (χ1v) is 10.9. The zero-order valence-electron chi connectivity index (χ0n) is 15.9. The lowest BCUT2D eigenvalue weighted by molar-refractivity contribution is -0.116. The summed E-state index contributed by atoms with van der Waals surface area (Å²) in [4.78, 5) is 13.7. The van der Waals surface area contributed by atoms with Crippen LogP contribution in [0, 0.1) is 0 Å². The summed E-state index contributed by atoms with van der Waals surface area (Å²) in [6.45, 7) is 2.11. The number of benzene rings is 3. The minimum atomic E-state index is -3.86. The van der Waals surface area contributed by atoms with Gasteiger partial charge in [0.15, 0.2) is 0 Å². The van der Waals surface area contributed by atoms with Gasteiger partial charge >= 0.3 is 7.75 Å². The monoisotopic (exact) mass is 408 g/mol. The molecule has 1 aliphatic rings. The van der Waals surface area contributed by atoms with E-state index in [2.05, 4.69) is 5.09 Å². The molecule has 29 heavy (non-hydrogen) atoms. The number of fused-ring (bicyclic) bond motifs is 1. The highest BCUT2D eigenvalue weighted by molar-refractivity contribution is 7.56. The summed E-state index contributed by atoms with van der Waals surface area (Å²) in [5, 5.41) is 2.95. The van der Waals surface area contributed by atoms with E-state index in [-0.39, 0.29) is 5.91 Å². The van der Waals surface area contributed by atoms with E-state index in [1.165, 1.54) is 6.92 Å². The zero-order chi connectivity index (χ0) is 20.3. The molecule has 0 saturated carbocycles. The Bertz CT molecular complexity index is 1010. The molecule has 3 aromatic carbocycles. The average molecular weight is 408 g/mol. The molecule has 3 aromatic rings. The molecular formula is C22H21N2O4P. The van der Waals surface area contributed by atoms with Crippen LogP contribution in [0.2, 0.25) is 0 Å². The number of anilines is 2. The van der Waals surface area contributed by atoms with E-state index in [4.69, 9.17) is 9.05 Å². The average Bonchev–Trinajstić information content (AvgIpc) is 3.15. The maximum absolute atomic E-state index is 13.7. The molecular weight excluding hydrogens is 387 g/mol. The van der Waals surface area contributed by atoms with E-state index in [9.17, 15) is 9.36 Å².